The molecule has 0 amide bonds. The van der Waals surface area contributed by atoms with Crippen LogP contribution in [0.1, 0.15) is 44.2 Å². The second-order valence-electron chi connectivity index (χ2n) is 5.12. The third-order valence-electron chi connectivity index (χ3n) is 3.85. The third kappa shape index (κ3) is 2.18. The molecule has 0 aliphatic heterocycles. The first-order valence-corrected chi connectivity index (χ1v) is 5.84. The van der Waals surface area contributed by atoms with Crippen molar-refractivity contribution >= 4 is 0 Å². The minimum absolute atomic E-state index is 0.184. The van der Waals surface area contributed by atoms with Crippen molar-refractivity contribution in [2.45, 2.75) is 38.6 Å². The average Bonchev–Trinajstić information content (AvgIpc) is 2.64. The predicted octanol–water partition coefficient (Wildman–Crippen LogP) is 3.68. The Morgan fingerprint density at radius 3 is 2.06 bits per heavy atom. The van der Waals surface area contributed by atoms with Crippen LogP contribution in [0.4, 0.5) is 13.2 Å². The van der Waals surface area contributed by atoms with Crippen LogP contribution < -0.4 is 5.73 Å². The maximum Gasteiger partial charge on any atom is 0.133 e. The second-order valence-corrected chi connectivity index (χ2v) is 5.12. The molecule has 2 N–H and O–H groups in total. The fourth-order valence-electron chi connectivity index (χ4n) is 2.69. The fourth-order valence-corrected chi connectivity index (χ4v) is 2.69. The zero-order valence-electron chi connectivity index (χ0n) is 9.77. The largest absolute Gasteiger partial charge is 0.323 e. The molecule has 1 aromatic carbocycles. The Morgan fingerprint density at radius 2 is 1.59 bits per heavy atom. The summed E-state index contributed by atoms with van der Waals surface area (Å²) in [6, 6.07) is 0.665. The van der Waals surface area contributed by atoms with Crippen LogP contribution in [-0.2, 0) is 0 Å². The molecule has 2 rings (SSSR count). The highest BCUT2D eigenvalue weighted by Gasteiger charge is 2.38. The number of nitrogens with two attached hydrogens (primary N) is 1. The van der Waals surface area contributed by atoms with Crippen molar-refractivity contribution in [1.29, 1.82) is 0 Å². The van der Waals surface area contributed by atoms with Crippen LogP contribution in [0.5, 0.6) is 0 Å². The number of benzene rings is 1. The zero-order chi connectivity index (χ0) is 12.6. The lowest BCUT2D eigenvalue weighted by Gasteiger charge is -2.31. The predicted molar refractivity (Wildman–Crippen MR) is 59.8 cm³/mol. The van der Waals surface area contributed by atoms with E-state index in [0.29, 0.717) is 12.1 Å². The van der Waals surface area contributed by atoms with E-state index < -0.39 is 23.5 Å². The standard InChI is InChI=1S/C13H16F3N/c1-13(4-2-3-5-13)12(17)11-9(15)6-8(14)7-10(11)16/h6-7,12H,2-5,17H2,1H3. The van der Waals surface area contributed by atoms with Crippen LogP contribution in [0.3, 0.4) is 0 Å². The van der Waals surface area contributed by atoms with E-state index in [1.807, 2.05) is 6.92 Å². The Kier molecular flexibility index (Phi) is 3.17. The van der Waals surface area contributed by atoms with Crippen molar-refractivity contribution < 1.29 is 13.2 Å². The molecule has 1 unspecified atom stereocenters. The molecule has 1 aromatic rings. The summed E-state index contributed by atoms with van der Waals surface area (Å²) in [6.07, 6.45) is 3.75. The SMILES string of the molecule is CC1(C(N)c2c(F)cc(F)cc2F)CCCC1. The minimum Gasteiger partial charge on any atom is -0.323 e. The molecule has 0 saturated heterocycles. The first kappa shape index (κ1) is 12.4. The van der Waals surface area contributed by atoms with Crippen molar-refractivity contribution in [3.63, 3.8) is 0 Å². The van der Waals surface area contributed by atoms with Gasteiger partial charge in [0.2, 0.25) is 0 Å². The monoisotopic (exact) mass is 243 g/mol. The van der Waals surface area contributed by atoms with E-state index >= 15 is 0 Å². The van der Waals surface area contributed by atoms with Gasteiger partial charge in [0.05, 0.1) is 0 Å². The second kappa shape index (κ2) is 4.33. The van der Waals surface area contributed by atoms with Gasteiger partial charge in [0.25, 0.3) is 0 Å². The van der Waals surface area contributed by atoms with Gasteiger partial charge in [-0.25, -0.2) is 13.2 Å². The van der Waals surface area contributed by atoms with Crippen LogP contribution >= 0.6 is 0 Å². The number of rotatable bonds is 2. The van der Waals surface area contributed by atoms with E-state index in [4.69, 9.17) is 5.73 Å². The topological polar surface area (TPSA) is 26.0 Å². The molecule has 0 bridgehead atoms. The highest BCUT2D eigenvalue weighted by molar-refractivity contribution is 5.26. The van der Waals surface area contributed by atoms with Crippen molar-refractivity contribution in [2.24, 2.45) is 11.1 Å². The lowest BCUT2D eigenvalue weighted by molar-refractivity contribution is 0.254. The Morgan fingerprint density at radius 1 is 1.12 bits per heavy atom. The van der Waals surface area contributed by atoms with Crippen LogP contribution in [0.15, 0.2) is 12.1 Å². The van der Waals surface area contributed by atoms with Crippen LogP contribution in [0.2, 0.25) is 0 Å². The van der Waals surface area contributed by atoms with Crippen molar-refractivity contribution in [3.05, 3.63) is 35.1 Å². The Hall–Kier alpha value is -1.03. The normalized spacial score (nSPS) is 20.5. The molecule has 0 radical (unpaired) electrons. The van der Waals surface area contributed by atoms with E-state index in [1.165, 1.54) is 0 Å². The molecular weight excluding hydrogens is 227 g/mol. The van der Waals surface area contributed by atoms with Gasteiger partial charge in [-0.15, -0.1) is 0 Å². The molecular formula is C13H16F3N. The van der Waals surface area contributed by atoms with Crippen molar-refractivity contribution in [1.82, 2.24) is 0 Å². The molecule has 1 atom stereocenters. The van der Waals surface area contributed by atoms with Gasteiger partial charge in [-0.05, 0) is 18.3 Å². The Bertz CT molecular complexity index is 402. The molecule has 17 heavy (non-hydrogen) atoms. The number of hydrogen-bond donors (Lipinski definition) is 1. The van der Waals surface area contributed by atoms with E-state index in [2.05, 4.69) is 0 Å². The summed E-state index contributed by atoms with van der Waals surface area (Å²) in [5.74, 6) is -2.68. The lowest BCUT2D eigenvalue weighted by Crippen LogP contribution is -2.31. The zero-order valence-corrected chi connectivity index (χ0v) is 9.77. The molecule has 1 saturated carbocycles. The Labute approximate surface area is 98.8 Å². The summed E-state index contributed by atoms with van der Waals surface area (Å²) < 4.78 is 40.1. The van der Waals surface area contributed by atoms with E-state index in [-0.39, 0.29) is 11.0 Å². The summed E-state index contributed by atoms with van der Waals surface area (Å²) in [4.78, 5) is 0. The molecule has 1 fully saturated rings. The maximum atomic E-state index is 13.6. The summed E-state index contributed by atoms with van der Waals surface area (Å²) >= 11 is 0. The van der Waals surface area contributed by atoms with E-state index in [0.717, 1.165) is 25.7 Å². The molecule has 1 aliphatic rings. The smallest absolute Gasteiger partial charge is 0.133 e. The average molecular weight is 243 g/mol. The fraction of sp³-hybridized carbons (Fsp3) is 0.538. The van der Waals surface area contributed by atoms with Gasteiger partial charge in [0.15, 0.2) is 0 Å². The minimum atomic E-state index is -0.910. The van der Waals surface area contributed by atoms with Crippen LogP contribution in [0, 0.1) is 22.9 Å². The summed E-state index contributed by atoms with van der Waals surface area (Å²) in [5.41, 5.74) is 5.51. The number of hydrogen-bond acceptors (Lipinski definition) is 1. The molecule has 0 spiro atoms. The third-order valence-corrected chi connectivity index (χ3v) is 3.85. The van der Waals surface area contributed by atoms with Gasteiger partial charge in [-0.2, -0.15) is 0 Å². The van der Waals surface area contributed by atoms with Gasteiger partial charge >= 0.3 is 0 Å². The lowest BCUT2D eigenvalue weighted by atomic mass is 9.77. The van der Waals surface area contributed by atoms with Crippen molar-refractivity contribution in [3.8, 4) is 0 Å². The van der Waals surface area contributed by atoms with Gasteiger partial charge in [-0.3, -0.25) is 0 Å². The van der Waals surface area contributed by atoms with Gasteiger partial charge in [-0.1, -0.05) is 19.8 Å². The molecule has 94 valence electrons. The van der Waals surface area contributed by atoms with Crippen molar-refractivity contribution in [2.75, 3.05) is 0 Å². The molecule has 4 heteroatoms. The van der Waals surface area contributed by atoms with Crippen LogP contribution in [0.25, 0.3) is 0 Å². The summed E-state index contributed by atoms with van der Waals surface area (Å²) in [5, 5.41) is 0. The molecule has 0 aromatic heterocycles. The molecule has 1 aliphatic carbocycles. The van der Waals surface area contributed by atoms with Gasteiger partial charge in [0.1, 0.15) is 17.5 Å². The van der Waals surface area contributed by atoms with Gasteiger partial charge < -0.3 is 5.73 Å². The van der Waals surface area contributed by atoms with Crippen LogP contribution in [-0.4, -0.2) is 0 Å². The van der Waals surface area contributed by atoms with Gasteiger partial charge in [0, 0.05) is 23.7 Å². The highest BCUT2D eigenvalue weighted by atomic mass is 19.1. The number of halogens is 3. The quantitative estimate of drug-likeness (QED) is 0.842. The highest BCUT2D eigenvalue weighted by Crippen LogP contribution is 2.46. The Balaban J connectivity index is 2.40. The molecule has 1 nitrogen and oxygen atoms in total. The maximum absolute atomic E-state index is 13.6. The van der Waals surface area contributed by atoms with E-state index in [9.17, 15) is 13.2 Å². The summed E-state index contributed by atoms with van der Waals surface area (Å²) in [7, 11) is 0. The van der Waals surface area contributed by atoms with E-state index in [1.54, 1.807) is 0 Å². The summed E-state index contributed by atoms with van der Waals surface area (Å²) in [6.45, 7) is 1.94. The molecule has 0 heterocycles. The first-order valence-electron chi connectivity index (χ1n) is 5.84. The first-order chi connectivity index (χ1) is 7.94.